The highest BCUT2D eigenvalue weighted by molar-refractivity contribution is 8.00. The van der Waals surface area contributed by atoms with Gasteiger partial charge in [0.25, 0.3) is 0 Å². The van der Waals surface area contributed by atoms with E-state index in [1.54, 1.807) is 23.1 Å². The maximum atomic E-state index is 11.8. The van der Waals surface area contributed by atoms with Crippen LogP contribution < -0.4 is 10.6 Å². The third-order valence-electron chi connectivity index (χ3n) is 2.56. The Hall–Kier alpha value is -1.57. The molecule has 2 aromatic heterocycles. The number of nitrogens with zero attached hydrogens (tertiary/aromatic N) is 1. The number of carbonyl (C=O) groups is 1. The Morgan fingerprint density at radius 1 is 1.30 bits per heavy atom. The molecule has 2 N–H and O–H groups in total. The first kappa shape index (κ1) is 13.4. The number of amides is 2. The minimum atomic E-state index is -0.235. The van der Waals surface area contributed by atoms with Gasteiger partial charge in [-0.2, -0.15) is 0 Å². The van der Waals surface area contributed by atoms with E-state index in [0.29, 0.717) is 0 Å². The van der Waals surface area contributed by atoms with Crippen molar-refractivity contribution in [3.8, 4) is 0 Å². The van der Waals surface area contributed by atoms with Gasteiger partial charge in [0.15, 0.2) is 4.34 Å². The van der Waals surface area contributed by atoms with E-state index in [2.05, 4.69) is 15.6 Å². The maximum Gasteiger partial charge on any atom is 0.324 e. The molecule has 3 rings (SSSR count). The number of carbonyl (C=O) groups excluding carboxylic acids is 1. The highest BCUT2D eigenvalue weighted by Crippen LogP contribution is 2.30. The van der Waals surface area contributed by atoms with E-state index in [1.807, 2.05) is 42.0 Å². The van der Waals surface area contributed by atoms with E-state index in [1.165, 1.54) is 11.3 Å². The number of thiazole rings is 1. The van der Waals surface area contributed by atoms with Crippen LogP contribution in [0.2, 0.25) is 0 Å². The fourth-order valence-electron chi connectivity index (χ4n) is 1.69. The van der Waals surface area contributed by atoms with E-state index >= 15 is 0 Å². The summed E-state index contributed by atoms with van der Waals surface area (Å²) in [6, 6.07) is 9.25. The van der Waals surface area contributed by atoms with Gasteiger partial charge in [-0.05, 0) is 42.0 Å². The molecule has 7 heteroatoms. The van der Waals surface area contributed by atoms with Crippen molar-refractivity contribution in [1.82, 2.24) is 4.98 Å². The highest BCUT2D eigenvalue weighted by Gasteiger charge is 2.06. The molecule has 0 spiro atoms. The molecule has 0 aliphatic heterocycles. The molecule has 0 saturated carbocycles. The topological polar surface area (TPSA) is 54.0 Å². The molecule has 2 amide bonds. The molecule has 0 aliphatic rings. The van der Waals surface area contributed by atoms with Crippen LogP contribution in [0, 0.1) is 0 Å². The SMILES string of the molecule is CSc1nc2ccc(NC(=O)Nc3cccs3)cc2s1. The summed E-state index contributed by atoms with van der Waals surface area (Å²) in [5.74, 6) is 0. The average Bonchev–Trinajstić information content (AvgIpc) is 3.06. The fraction of sp³-hybridized carbons (Fsp3) is 0.0769. The van der Waals surface area contributed by atoms with E-state index in [4.69, 9.17) is 0 Å². The van der Waals surface area contributed by atoms with Crippen LogP contribution in [-0.4, -0.2) is 17.3 Å². The lowest BCUT2D eigenvalue weighted by atomic mass is 10.3. The van der Waals surface area contributed by atoms with Gasteiger partial charge in [0, 0.05) is 5.69 Å². The van der Waals surface area contributed by atoms with Gasteiger partial charge in [-0.3, -0.25) is 5.32 Å². The highest BCUT2D eigenvalue weighted by atomic mass is 32.2. The van der Waals surface area contributed by atoms with E-state index in [0.717, 1.165) is 25.2 Å². The average molecular weight is 321 g/mol. The van der Waals surface area contributed by atoms with Crippen molar-refractivity contribution in [2.75, 3.05) is 16.9 Å². The van der Waals surface area contributed by atoms with Crippen LogP contribution in [0.15, 0.2) is 40.1 Å². The molecule has 0 bridgehead atoms. The molecule has 0 fully saturated rings. The normalized spacial score (nSPS) is 10.7. The number of nitrogens with one attached hydrogen (secondary N) is 2. The number of thiophene rings is 1. The minimum absolute atomic E-state index is 0.235. The number of hydrogen-bond acceptors (Lipinski definition) is 5. The second kappa shape index (κ2) is 5.82. The third-order valence-corrected chi connectivity index (χ3v) is 5.35. The third kappa shape index (κ3) is 2.95. The van der Waals surface area contributed by atoms with Crippen LogP contribution in [0.5, 0.6) is 0 Å². The fourth-order valence-corrected chi connectivity index (χ4v) is 3.83. The molecule has 0 unspecified atom stereocenters. The van der Waals surface area contributed by atoms with E-state index in [-0.39, 0.29) is 6.03 Å². The Bertz CT molecular complexity index is 736. The molecule has 2 heterocycles. The Morgan fingerprint density at radius 2 is 2.20 bits per heavy atom. The van der Waals surface area contributed by atoms with Gasteiger partial charge < -0.3 is 5.32 Å². The summed E-state index contributed by atoms with van der Waals surface area (Å²) in [5, 5.41) is 8.36. The second-order valence-corrected chi connectivity index (χ2v) is 6.95. The molecule has 0 atom stereocenters. The van der Waals surface area contributed by atoms with Crippen LogP contribution >= 0.6 is 34.4 Å². The number of aromatic nitrogens is 1. The number of thioether (sulfide) groups is 1. The quantitative estimate of drug-likeness (QED) is 0.686. The molecule has 1 aromatic carbocycles. The van der Waals surface area contributed by atoms with Crippen molar-refractivity contribution >= 4 is 61.4 Å². The summed E-state index contributed by atoms with van der Waals surface area (Å²) >= 11 is 4.74. The number of rotatable bonds is 3. The maximum absolute atomic E-state index is 11.8. The van der Waals surface area contributed by atoms with Crippen molar-refractivity contribution in [2.45, 2.75) is 4.34 Å². The smallest absolute Gasteiger partial charge is 0.308 e. The number of fused-ring (bicyclic) bond motifs is 1. The molecule has 0 saturated heterocycles. The molecule has 20 heavy (non-hydrogen) atoms. The lowest BCUT2D eigenvalue weighted by molar-refractivity contribution is 0.262. The number of benzene rings is 1. The van der Waals surface area contributed by atoms with Crippen LogP contribution in [0.4, 0.5) is 15.5 Å². The molecule has 3 aromatic rings. The van der Waals surface area contributed by atoms with Gasteiger partial charge in [-0.1, -0.05) is 11.8 Å². The zero-order valence-corrected chi connectivity index (χ0v) is 13.0. The number of urea groups is 1. The summed E-state index contributed by atoms with van der Waals surface area (Å²) < 4.78 is 2.10. The van der Waals surface area contributed by atoms with Crippen molar-refractivity contribution in [2.24, 2.45) is 0 Å². The predicted molar refractivity (Wildman–Crippen MR) is 88.4 cm³/mol. The Kier molecular flexibility index (Phi) is 3.90. The first-order chi connectivity index (χ1) is 9.74. The van der Waals surface area contributed by atoms with Gasteiger partial charge in [-0.15, -0.1) is 22.7 Å². The van der Waals surface area contributed by atoms with Crippen molar-refractivity contribution in [3.63, 3.8) is 0 Å². The summed E-state index contributed by atoms with van der Waals surface area (Å²) in [4.78, 5) is 16.3. The lowest BCUT2D eigenvalue weighted by Crippen LogP contribution is -2.18. The Balaban J connectivity index is 1.75. The van der Waals surface area contributed by atoms with Crippen molar-refractivity contribution in [1.29, 1.82) is 0 Å². The van der Waals surface area contributed by atoms with Crippen LogP contribution in [-0.2, 0) is 0 Å². The zero-order valence-electron chi connectivity index (χ0n) is 10.5. The summed E-state index contributed by atoms with van der Waals surface area (Å²) in [5.41, 5.74) is 1.73. The van der Waals surface area contributed by atoms with Crippen molar-refractivity contribution < 1.29 is 4.79 Å². The summed E-state index contributed by atoms with van der Waals surface area (Å²) in [6.07, 6.45) is 2.01. The molecular weight excluding hydrogens is 310 g/mol. The molecule has 102 valence electrons. The summed E-state index contributed by atoms with van der Waals surface area (Å²) in [6.45, 7) is 0. The minimum Gasteiger partial charge on any atom is -0.308 e. The number of hydrogen-bond donors (Lipinski definition) is 2. The monoisotopic (exact) mass is 321 g/mol. The summed E-state index contributed by atoms with van der Waals surface area (Å²) in [7, 11) is 0. The Labute approximate surface area is 128 Å². The van der Waals surface area contributed by atoms with E-state index in [9.17, 15) is 4.79 Å². The van der Waals surface area contributed by atoms with Crippen LogP contribution in [0.1, 0.15) is 0 Å². The number of anilines is 2. The van der Waals surface area contributed by atoms with Gasteiger partial charge in [-0.25, -0.2) is 9.78 Å². The first-order valence-electron chi connectivity index (χ1n) is 5.81. The molecule has 4 nitrogen and oxygen atoms in total. The molecule has 0 aliphatic carbocycles. The van der Waals surface area contributed by atoms with Gasteiger partial charge in [0.05, 0.1) is 15.2 Å². The van der Waals surface area contributed by atoms with Crippen molar-refractivity contribution in [3.05, 3.63) is 35.7 Å². The van der Waals surface area contributed by atoms with Gasteiger partial charge in [0.2, 0.25) is 0 Å². The first-order valence-corrected chi connectivity index (χ1v) is 8.73. The van der Waals surface area contributed by atoms with Gasteiger partial charge in [0.1, 0.15) is 0 Å². The lowest BCUT2D eigenvalue weighted by Gasteiger charge is -2.05. The zero-order chi connectivity index (χ0) is 13.9. The molecule has 0 radical (unpaired) electrons. The van der Waals surface area contributed by atoms with E-state index < -0.39 is 0 Å². The van der Waals surface area contributed by atoms with Crippen LogP contribution in [0.25, 0.3) is 10.2 Å². The largest absolute Gasteiger partial charge is 0.324 e. The standard InChI is InChI=1S/C13H11N3OS3/c1-18-13-15-9-5-4-8(7-10(9)20-13)14-12(17)16-11-3-2-6-19-11/h2-7H,1H3,(H2,14,16,17). The van der Waals surface area contributed by atoms with Crippen LogP contribution in [0.3, 0.4) is 0 Å². The molecular formula is C13H11N3OS3. The Morgan fingerprint density at radius 3 is 2.95 bits per heavy atom. The predicted octanol–water partition coefficient (Wildman–Crippen LogP) is 4.72. The van der Waals surface area contributed by atoms with Gasteiger partial charge >= 0.3 is 6.03 Å². The second-order valence-electron chi connectivity index (χ2n) is 3.92.